The molecule has 5 heteroatoms. The number of aromatic hydroxyl groups is 1. The number of nitrogens with two attached hydrogens (primary N) is 1. The first-order valence-electron chi connectivity index (χ1n) is 8.73. The SMILES string of the molecule is Oc1ccccc1C1C=C(c2ccc(Br)cc2)NC(c2ccc(Br)cc2)[NH2+]1. The number of hydrogen-bond donors (Lipinski definition) is 3. The highest BCUT2D eigenvalue weighted by molar-refractivity contribution is 9.10. The fraction of sp³-hybridized carbons (Fsp3) is 0.0909. The second-order valence-electron chi connectivity index (χ2n) is 6.54. The monoisotopic (exact) mass is 485 g/mol. The van der Waals surface area contributed by atoms with Gasteiger partial charge in [-0.1, -0.05) is 56.1 Å². The van der Waals surface area contributed by atoms with Crippen LogP contribution in [0, 0.1) is 0 Å². The fourth-order valence-electron chi connectivity index (χ4n) is 3.34. The van der Waals surface area contributed by atoms with E-state index in [4.69, 9.17) is 0 Å². The van der Waals surface area contributed by atoms with E-state index in [0.29, 0.717) is 5.75 Å². The van der Waals surface area contributed by atoms with Crippen molar-refractivity contribution in [3.8, 4) is 5.75 Å². The summed E-state index contributed by atoms with van der Waals surface area (Å²) in [5.41, 5.74) is 4.28. The number of phenolic OH excluding ortho intramolecular Hbond substituents is 1. The van der Waals surface area contributed by atoms with Gasteiger partial charge in [-0.2, -0.15) is 0 Å². The number of para-hydroxylation sites is 1. The lowest BCUT2D eigenvalue weighted by Crippen LogP contribution is -2.89. The molecule has 1 aliphatic heterocycles. The fourth-order valence-corrected chi connectivity index (χ4v) is 3.87. The van der Waals surface area contributed by atoms with E-state index in [2.05, 4.69) is 85.0 Å². The van der Waals surface area contributed by atoms with Crippen LogP contribution in [0.5, 0.6) is 5.75 Å². The van der Waals surface area contributed by atoms with Crippen molar-refractivity contribution in [1.29, 1.82) is 0 Å². The molecule has 0 saturated carbocycles. The maximum absolute atomic E-state index is 10.4. The number of quaternary nitrogens is 1. The quantitative estimate of drug-likeness (QED) is 0.494. The van der Waals surface area contributed by atoms with Gasteiger partial charge in [0.2, 0.25) is 0 Å². The molecule has 1 aliphatic rings. The molecular formula is C22H19Br2N2O+. The van der Waals surface area contributed by atoms with Gasteiger partial charge in [0.1, 0.15) is 11.8 Å². The molecule has 0 aromatic heterocycles. The number of nitrogens with one attached hydrogen (secondary N) is 1. The largest absolute Gasteiger partial charge is 0.507 e. The van der Waals surface area contributed by atoms with E-state index in [-0.39, 0.29) is 12.2 Å². The van der Waals surface area contributed by atoms with Crippen LogP contribution in [0.25, 0.3) is 5.70 Å². The van der Waals surface area contributed by atoms with Crippen LogP contribution in [0.2, 0.25) is 0 Å². The molecule has 1 heterocycles. The van der Waals surface area contributed by atoms with Crippen molar-refractivity contribution in [1.82, 2.24) is 5.32 Å². The van der Waals surface area contributed by atoms with Gasteiger partial charge in [-0.05, 0) is 54.1 Å². The Labute approximate surface area is 175 Å². The Balaban J connectivity index is 1.75. The van der Waals surface area contributed by atoms with Crippen LogP contribution in [0.3, 0.4) is 0 Å². The van der Waals surface area contributed by atoms with Gasteiger partial charge in [0.25, 0.3) is 0 Å². The smallest absolute Gasteiger partial charge is 0.186 e. The minimum absolute atomic E-state index is 0.0137. The normalized spacial score (nSPS) is 19.3. The van der Waals surface area contributed by atoms with Crippen molar-refractivity contribution in [2.45, 2.75) is 12.2 Å². The molecule has 0 spiro atoms. The lowest BCUT2D eigenvalue weighted by Gasteiger charge is -2.30. The highest BCUT2D eigenvalue weighted by atomic mass is 79.9. The number of benzene rings is 3. The summed E-state index contributed by atoms with van der Waals surface area (Å²) >= 11 is 7.00. The second-order valence-corrected chi connectivity index (χ2v) is 8.37. The minimum atomic E-state index is 0.0137. The van der Waals surface area contributed by atoms with Gasteiger partial charge in [-0.15, -0.1) is 0 Å². The molecule has 0 radical (unpaired) electrons. The van der Waals surface area contributed by atoms with E-state index >= 15 is 0 Å². The highest BCUT2D eigenvalue weighted by Gasteiger charge is 2.29. The van der Waals surface area contributed by atoms with Gasteiger partial charge in [-0.3, -0.25) is 0 Å². The Bertz CT molecular complexity index is 968. The van der Waals surface area contributed by atoms with Crippen LogP contribution in [0.1, 0.15) is 28.9 Å². The van der Waals surface area contributed by atoms with Crippen LogP contribution in [-0.2, 0) is 0 Å². The van der Waals surface area contributed by atoms with E-state index < -0.39 is 0 Å². The van der Waals surface area contributed by atoms with E-state index in [1.165, 1.54) is 5.56 Å². The summed E-state index contributed by atoms with van der Waals surface area (Å²) in [5, 5.41) is 16.2. The molecule has 3 aromatic carbocycles. The lowest BCUT2D eigenvalue weighted by atomic mass is 9.98. The molecular weight excluding hydrogens is 468 g/mol. The first-order valence-corrected chi connectivity index (χ1v) is 10.3. The Morgan fingerprint density at radius 2 is 1.44 bits per heavy atom. The van der Waals surface area contributed by atoms with Crippen molar-refractivity contribution in [2.75, 3.05) is 0 Å². The summed E-state index contributed by atoms with van der Waals surface area (Å²) in [4.78, 5) is 0. The zero-order chi connectivity index (χ0) is 18.8. The molecule has 0 bridgehead atoms. The van der Waals surface area contributed by atoms with Gasteiger partial charge in [0.15, 0.2) is 6.17 Å². The molecule has 0 saturated heterocycles. The first kappa shape index (κ1) is 18.3. The summed E-state index contributed by atoms with van der Waals surface area (Å²) in [6.45, 7) is 0. The summed E-state index contributed by atoms with van der Waals surface area (Å²) < 4.78 is 2.11. The number of hydrogen-bond acceptors (Lipinski definition) is 2. The molecule has 0 fully saturated rings. The molecule has 0 aliphatic carbocycles. The van der Waals surface area contributed by atoms with Gasteiger partial charge in [-0.25, -0.2) is 0 Å². The number of rotatable bonds is 3. The third-order valence-electron chi connectivity index (χ3n) is 4.74. The molecule has 2 unspecified atom stereocenters. The van der Waals surface area contributed by atoms with Gasteiger partial charge in [0, 0.05) is 26.3 Å². The topological polar surface area (TPSA) is 48.9 Å². The highest BCUT2D eigenvalue weighted by Crippen LogP contribution is 2.29. The van der Waals surface area contributed by atoms with E-state index in [0.717, 1.165) is 25.8 Å². The Morgan fingerprint density at radius 3 is 2.11 bits per heavy atom. The van der Waals surface area contributed by atoms with E-state index in [9.17, 15) is 5.11 Å². The zero-order valence-electron chi connectivity index (χ0n) is 14.4. The third kappa shape index (κ3) is 4.10. The Kier molecular flexibility index (Phi) is 5.34. The predicted molar refractivity (Wildman–Crippen MR) is 115 cm³/mol. The van der Waals surface area contributed by atoms with Crippen LogP contribution >= 0.6 is 31.9 Å². The van der Waals surface area contributed by atoms with Gasteiger partial charge >= 0.3 is 0 Å². The second kappa shape index (κ2) is 7.89. The van der Waals surface area contributed by atoms with E-state index in [1.54, 1.807) is 6.07 Å². The van der Waals surface area contributed by atoms with Crippen LogP contribution < -0.4 is 10.6 Å². The zero-order valence-corrected chi connectivity index (χ0v) is 17.6. The minimum Gasteiger partial charge on any atom is -0.507 e. The average molecular weight is 487 g/mol. The van der Waals surface area contributed by atoms with Crippen molar-refractivity contribution >= 4 is 37.6 Å². The van der Waals surface area contributed by atoms with Crippen LogP contribution in [0.15, 0.2) is 87.8 Å². The molecule has 3 nitrogen and oxygen atoms in total. The molecule has 4 N–H and O–H groups in total. The van der Waals surface area contributed by atoms with Crippen molar-refractivity contribution < 1.29 is 10.4 Å². The molecule has 3 aromatic rings. The van der Waals surface area contributed by atoms with Crippen molar-refractivity contribution in [3.05, 3.63) is 105 Å². The summed E-state index contributed by atoms with van der Waals surface area (Å²) in [6.07, 6.45) is 2.22. The lowest BCUT2D eigenvalue weighted by molar-refractivity contribution is -0.731. The Hall–Kier alpha value is -2.08. The molecule has 27 heavy (non-hydrogen) atoms. The van der Waals surface area contributed by atoms with Gasteiger partial charge < -0.3 is 15.7 Å². The summed E-state index contributed by atoms with van der Waals surface area (Å²) in [5.74, 6) is 0.321. The van der Waals surface area contributed by atoms with Gasteiger partial charge in [0.05, 0.1) is 5.56 Å². The first-order chi connectivity index (χ1) is 13.1. The summed E-state index contributed by atoms with van der Waals surface area (Å²) in [6, 6.07) is 24.2. The standard InChI is InChI=1S/C22H18Br2N2O/c23-16-9-5-14(6-10-16)19-13-20(18-3-1-2-4-21(18)27)26-22(25-19)15-7-11-17(24)12-8-15/h1-13,20,22,25-27H/p+1. The van der Waals surface area contributed by atoms with Crippen LogP contribution in [-0.4, -0.2) is 5.11 Å². The number of phenols is 1. The maximum atomic E-state index is 10.4. The van der Waals surface area contributed by atoms with Crippen molar-refractivity contribution in [2.24, 2.45) is 0 Å². The molecule has 136 valence electrons. The third-order valence-corrected chi connectivity index (χ3v) is 5.79. The molecule has 4 rings (SSSR count). The molecule has 2 atom stereocenters. The predicted octanol–water partition coefficient (Wildman–Crippen LogP) is 4.86. The van der Waals surface area contributed by atoms with E-state index in [1.807, 2.05) is 30.3 Å². The maximum Gasteiger partial charge on any atom is 0.186 e. The van der Waals surface area contributed by atoms with Crippen LogP contribution in [0.4, 0.5) is 0 Å². The number of halogens is 2. The van der Waals surface area contributed by atoms with Crippen molar-refractivity contribution in [3.63, 3.8) is 0 Å². The molecule has 0 amide bonds. The average Bonchev–Trinajstić information content (AvgIpc) is 2.69. The Morgan fingerprint density at radius 1 is 0.815 bits per heavy atom. The summed E-state index contributed by atoms with van der Waals surface area (Å²) in [7, 11) is 0.